The van der Waals surface area contributed by atoms with Gasteiger partial charge >= 0.3 is 0 Å². The van der Waals surface area contributed by atoms with Crippen LogP contribution in [-0.2, 0) is 7.05 Å². The Morgan fingerprint density at radius 2 is 1.96 bits per heavy atom. The van der Waals surface area contributed by atoms with Crippen LogP contribution < -0.4 is 10.9 Å². The van der Waals surface area contributed by atoms with Gasteiger partial charge in [-0.05, 0) is 32.3 Å². The Kier molecular flexibility index (Phi) is 5.63. The predicted molar refractivity (Wildman–Crippen MR) is 99.5 cm³/mol. The van der Waals surface area contributed by atoms with Crippen molar-refractivity contribution < 1.29 is 9.59 Å². The highest BCUT2D eigenvalue weighted by Crippen LogP contribution is 2.14. The average Bonchev–Trinajstić information content (AvgIpc) is 2.89. The van der Waals surface area contributed by atoms with Crippen molar-refractivity contribution in [1.29, 1.82) is 0 Å². The summed E-state index contributed by atoms with van der Waals surface area (Å²) in [6.45, 7) is 2.99. The van der Waals surface area contributed by atoms with Crippen molar-refractivity contribution in [2.24, 2.45) is 7.05 Å². The molecule has 0 aliphatic carbocycles. The van der Waals surface area contributed by atoms with Gasteiger partial charge in [0, 0.05) is 44.6 Å². The Labute approximate surface area is 157 Å². The molecule has 0 saturated carbocycles. The Bertz CT molecular complexity index is 891. The number of pyridine rings is 1. The first kappa shape index (κ1) is 18.8. The molecule has 2 aromatic rings. The van der Waals surface area contributed by atoms with E-state index in [1.54, 1.807) is 30.4 Å². The number of carbonyl (C=O) groups is 2. The van der Waals surface area contributed by atoms with E-state index in [2.05, 4.69) is 15.3 Å². The number of carbonyl (C=O) groups excluding carboxylic acids is 2. The molecule has 1 atom stereocenters. The molecule has 0 radical (unpaired) electrons. The number of likely N-dealkylation sites (tertiary alicyclic amines) is 1. The van der Waals surface area contributed by atoms with Gasteiger partial charge in [0.25, 0.3) is 11.8 Å². The number of nitrogens with zero attached hydrogens (tertiary/aromatic N) is 4. The molecule has 1 aliphatic rings. The van der Waals surface area contributed by atoms with Crippen LogP contribution in [0.1, 0.15) is 45.8 Å². The molecule has 8 heteroatoms. The summed E-state index contributed by atoms with van der Waals surface area (Å²) in [4.78, 5) is 46.5. The van der Waals surface area contributed by atoms with Crippen LogP contribution in [0.2, 0.25) is 0 Å². The predicted octanol–water partition coefficient (Wildman–Crippen LogP) is 0.908. The van der Waals surface area contributed by atoms with Gasteiger partial charge in [-0.1, -0.05) is 0 Å². The first-order valence-electron chi connectivity index (χ1n) is 8.99. The van der Waals surface area contributed by atoms with Crippen LogP contribution in [0.4, 0.5) is 0 Å². The maximum absolute atomic E-state index is 12.7. The molecule has 1 N–H and O–H groups in total. The van der Waals surface area contributed by atoms with E-state index in [0.29, 0.717) is 30.8 Å². The lowest BCUT2D eigenvalue weighted by Crippen LogP contribution is -2.37. The number of amides is 2. The maximum Gasteiger partial charge on any atom is 0.271 e. The quantitative estimate of drug-likeness (QED) is 0.867. The van der Waals surface area contributed by atoms with E-state index in [-0.39, 0.29) is 23.4 Å². The molecular weight excluding hydrogens is 346 g/mol. The number of aromatic nitrogens is 3. The van der Waals surface area contributed by atoms with Gasteiger partial charge in [-0.25, -0.2) is 4.98 Å². The number of nitrogens with one attached hydrogen (secondary N) is 1. The molecule has 0 aromatic carbocycles. The zero-order valence-corrected chi connectivity index (χ0v) is 15.5. The summed E-state index contributed by atoms with van der Waals surface area (Å²) in [7, 11) is 1.63. The van der Waals surface area contributed by atoms with Crippen LogP contribution >= 0.6 is 0 Å². The molecule has 0 bridgehead atoms. The summed E-state index contributed by atoms with van der Waals surface area (Å²) in [5.74, 6) is -0.340. The molecule has 1 saturated heterocycles. The Hall–Kier alpha value is -3.03. The number of hydrogen-bond donors (Lipinski definition) is 1. The monoisotopic (exact) mass is 369 g/mol. The molecular formula is C19H23N5O3. The number of hydrogen-bond acceptors (Lipinski definition) is 5. The zero-order chi connectivity index (χ0) is 19.4. The maximum atomic E-state index is 12.7. The fraction of sp³-hybridized carbons (Fsp3) is 0.421. The van der Waals surface area contributed by atoms with Gasteiger partial charge in [-0.15, -0.1) is 0 Å². The third-order valence-corrected chi connectivity index (χ3v) is 4.70. The van der Waals surface area contributed by atoms with Gasteiger partial charge in [0.15, 0.2) is 0 Å². The first-order valence-corrected chi connectivity index (χ1v) is 8.99. The topological polar surface area (TPSA) is 97.2 Å². The van der Waals surface area contributed by atoms with Crippen molar-refractivity contribution in [2.45, 2.75) is 32.2 Å². The van der Waals surface area contributed by atoms with E-state index >= 15 is 0 Å². The van der Waals surface area contributed by atoms with E-state index < -0.39 is 0 Å². The molecule has 2 aromatic heterocycles. The van der Waals surface area contributed by atoms with E-state index in [1.165, 1.54) is 16.8 Å². The molecule has 3 rings (SSSR count). The minimum Gasteiger partial charge on any atom is -0.348 e. The lowest BCUT2D eigenvalue weighted by atomic mass is 10.1. The lowest BCUT2D eigenvalue weighted by Gasteiger charge is -2.21. The second-order valence-corrected chi connectivity index (χ2v) is 6.80. The van der Waals surface area contributed by atoms with Crippen LogP contribution in [0.15, 0.2) is 35.5 Å². The second-order valence-electron chi connectivity index (χ2n) is 6.80. The van der Waals surface area contributed by atoms with Gasteiger partial charge in [-0.2, -0.15) is 0 Å². The molecule has 1 fully saturated rings. The van der Waals surface area contributed by atoms with E-state index in [0.717, 1.165) is 18.5 Å². The van der Waals surface area contributed by atoms with E-state index in [9.17, 15) is 14.4 Å². The summed E-state index contributed by atoms with van der Waals surface area (Å²) in [6.07, 6.45) is 6.85. The van der Waals surface area contributed by atoms with Crippen LogP contribution in [0.5, 0.6) is 0 Å². The first-order chi connectivity index (χ1) is 12.9. The van der Waals surface area contributed by atoms with Gasteiger partial charge in [-0.3, -0.25) is 19.4 Å². The highest BCUT2D eigenvalue weighted by molar-refractivity contribution is 5.94. The highest BCUT2D eigenvalue weighted by atomic mass is 16.2. The fourth-order valence-corrected chi connectivity index (χ4v) is 3.12. The minimum atomic E-state index is -0.245. The van der Waals surface area contributed by atoms with Crippen molar-refractivity contribution in [1.82, 2.24) is 24.8 Å². The number of aryl methyl sites for hydroxylation is 2. The standard InChI is InChI=1S/C19H23N5O3/c1-13-10-21-16(11-20-13)18(26)22-15-4-3-8-24(9-7-15)19(27)14-5-6-17(25)23(2)12-14/h5-6,10-12,15H,3-4,7-9H2,1-2H3,(H,22,26)/t15-/m1/s1. The van der Waals surface area contributed by atoms with Gasteiger partial charge in [0.05, 0.1) is 17.5 Å². The number of rotatable bonds is 3. The molecule has 3 heterocycles. The summed E-state index contributed by atoms with van der Waals surface area (Å²) in [5, 5.41) is 2.99. The molecule has 8 nitrogen and oxygen atoms in total. The second kappa shape index (κ2) is 8.11. The SMILES string of the molecule is Cc1cnc(C(=O)N[C@@H]2CCCN(C(=O)c3ccc(=O)n(C)c3)CC2)cn1. The fourth-order valence-electron chi connectivity index (χ4n) is 3.12. The summed E-state index contributed by atoms with van der Waals surface area (Å²) in [6, 6.07) is 2.94. The Morgan fingerprint density at radius 1 is 1.15 bits per heavy atom. The minimum absolute atomic E-state index is 0.0152. The van der Waals surface area contributed by atoms with Gasteiger partial charge in [0.2, 0.25) is 5.56 Å². The van der Waals surface area contributed by atoms with Crippen molar-refractivity contribution in [3.05, 3.63) is 58.0 Å². The summed E-state index contributed by atoms with van der Waals surface area (Å²) >= 11 is 0. The van der Waals surface area contributed by atoms with Gasteiger partial charge in [0.1, 0.15) is 5.69 Å². The van der Waals surface area contributed by atoms with E-state index in [1.807, 2.05) is 6.92 Å². The molecule has 1 aliphatic heterocycles. The van der Waals surface area contributed by atoms with Crippen molar-refractivity contribution >= 4 is 11.8 Å². The Morgan fingerprint density at radius 3 is 2.67 bits per heavy atom. The normalized spacial score (nSPS) is 17.3. The third-order valence-electron chi connectivity index (χ3n) is 4.70. The van der Waals surface area contributed by atoms with Crippen LogP contribution in [0.25, 0.3) is 0 Å². The molecule has 0 spiro atoms. The van der Waals surface area contributed by atoms with Crippen molar-refractivity contribution in [3.8, 4) is 0 Å². The Balaban J connectivity index is 1.60. The molecule has 27 heavy (non-hydrogen) atoms. The molecule has 2 amide bonds. The average molecular weight is 369 g/mol. The zero-order valence-electron chi connectivity index (χ0n) is 15.5. The van der Waals surface area contributed by atoms with Crippen LogP contribution in [0.3, 0.4) is 0 Å². The summed E-state index contributed by atoms with van der Waals surface area (Å²) in [5.41, 5.74) is 1.40. The van der Waals surface area contributed by atoms with E-state index in [4.69, 9.17) is 0 Å². The lowest BCUT2D eigenvalue weighted by molar-refractivity contribution is 0.0760. The molecule has 0 unspecified atom stereocenters. The highest BCUT2D eigenvalue weighted by Gasteiger charge is 2.23. The smallest absolute Gasteiger partial charge is 0.271 e. The van der Waals surface area contributed by atoms with Gasteiger partial charge < -0.3 is 14.8 Å². The van der Waals surface area contributed by atoms with Crippen LogP contribution in [-0.4, -0.2) is 50.4 Å². The largest absolute Gasteiger partial charge is 0.348 e. The molecule has 142 valence electrons. The van der Waals surface area contributed by atoms with Crippen molar-refractivity contribution in [3.63, 3.8) is 0 Å². The van der Waals surface area contributed by atoms with Crippen molar-refractivity contribution in [2.75, 3.05) is 13.1 Å². The van der Waals surface area contributed by atoms with Crippen LogP contribution in [0, 0.1) is 6.92 Å². The third kappa shape index (κ3) is 4.58. The summed E-state index contributed by atoms with van der Waals surface area (Å²) < 4.78 is 1.40.